The molecule has 0 aliphatic heterocycles. The molecule has 0 saturated heterocycles. The van der Waals surface area contributed by atoms with Crippen LogP contribution in [-0.2, 0) is 4.79 Å². The Kier molecular flexibility index (Phi) is 5.76. The fourth-order valence-corrected chi connectivity index (χ4v) is 3.45. The fourth-order valence-electron chi connectivity index (χ4n) is 2.89. The number of ether oxygens (including phenoxy) is 1. The lowest BCUT2D eigenvalue weighted by Crippen LogP contribution is -2.88. The highest BCUT2D eigenvalue weighted by atomic mass is 79.9. The Morgan fingerprint density at radius 3 is 2.52 bits per heavy atom. The lowest BCUT2D eigenvalue weighted by Gasteiger charge is -2.21. The molecule has 1 saturated carbocycles. The van der Waals surface area contributed by atoms with E-state index in [1.165, 1.54) is 0 Å². The molecule has 0 radical (unpaired) electrons. The van der Waals surface area contributed by atoms with Crippen LogP contribution in [0, 0.1) is 0 Å². The van der Waals surface area contributed by atoms with Gasteiger partial charge in [0, 0.05) is 17.2 Å². The van der Waals surface area contributed by atoms with Gasteiger partial charge in [-0.05, 0) is 53.9 Å². The number of amides is 1. The third-order valence-corrected chi connectivity index (χ3v) is 5.17. The molecule has 2 aromatic rings. The monoisotopic (exact) mass is 403 g/mol. The predicted molar refractivity (Wildman–Crippen MR) is 101 cm³/mol. The van der Waals surface area contributed by atoms with Gasteiger partial charge in [0.2, 0.25) is 0 Å². The van der Waals surface area contributed by atoms with Crippen molar-refractivity contribution in [1.82, 2.24) is 5.32 Å². The van der Waals surface area contributed by atoms with E-state index in [2.05, 4.69) is 39.6 Å². The summed E-state index contributed by atoms with van der Waals surface area (Å²) in [5.74, 6) is 0.898. The minimum atomic E-state index is -0.252. The van der Waals surface area contributed by atoms with Gasteiger partial charge < -0.3 is 15.4 Å². The van der Waals surface area contributed by atoms with Gasteiger partial charge in [-0.25, -0.2) is 0 Å². The molecule has 2 atom stereocenters. The number of halogens is 1. The van der Waals surface area contributed by atoms with Crippen molar-refractivity contribution in [2.45, 2.75) is 37.9 Å². The van der Waals surface area contributed by atoms with Crippen molar-refractivity contribution in [2.75, 3.05) is 7.11 Å². The number of rotatable bonds is 7. The average Bonchev–Trinajstić information content (AvgIpc) is 3.44. The van der Waals surface area contributed by atoms with Crippen LogP contribution in [0.15, 0.2) is 53.0 Å². The Hall–Kier alpha value is -1.85. The van der Waals surface area contributed by atoms with Gasteiger partial charge in [-0.15, -0.1) is 0 Å². The van der Waals surface area contributed by atoms with Crippen LogP contribution in [0.5, 0.6) is 5.75 Å². The van der Waals surface area contributed by atoms with Gasteiger partial charge in [0.15, 0.2) is 6.04 Å². The van der Waals surface area contributed by atoms with E-state index < -0.39 is 0 Å². The molecule has 25 heavy (non-hydrogen) atoms. The molecule has 1 aliphatic rings. The smallest absolute Gasteiger partial charge is 0.283 e. The van der Waals surface area contributed by atoms with Gasteiger partial charge in [-0.3, -0.25) is 4.79 Å². The summed E-state index contributed by atoms with van der Waals surface area (Å²) in [5.41, 5.74) is 2.17. The number of carbonyl (C=O) groups is 1. The van der Waals surface area contributed by atoms with Gasteiger partial charge in [-0.1, -0.05) is 30.3 Å². The normalized spacial score (nSPS) is 16.1. The van der Waals surface area contributed by atoms with Crippen molar-refractivity contribution in [3.05, 3.63) is 64.1 Å². The molecule has 0 heterocycles. The predicted octanol–water partition coefficient (Wildman–Crippen LogP) is 3.10. The Labute approximate surface area is 157 Å². The summed E-state index contributed by atoms with van der Waals surface area (Å²) < 4.78 is 6.22. The number of nitrogens with one attached hydrogen (secondary N) is 1. The molecule has 5 heteroatoms. The van der Waals surface area contributed by atoms with Crippen molar-refractivity contribution in [1.29, 1.82) is 0 Å². The van der Waals surface area contributed by atoms with Crippen LogP contribution in [0.4, 0.5) is 0 Å². The third-order valence-electron chi connectivity index (χ3n) is 4.55. The first-order valence-electron chi connectivity index (χ1n) is 8.62. The summed E-state index contributed by atoms with van der Waals surface area (Å²) >= 11 is 3.54. The molecular formula is C20H24BrN2O2+. The van der Waals surface area contributed by atoms with Crippen molar-refractivity contribution >= 4 is 21.8 Å². The molecule has 1 fully saturated rings. The third kappa shape index (κ3) is 4.61. The first kappa shape index (κ1) is 18.0. The minimum Gasteiger partial charge on any atom is -0.496 e. The van der Waals surface area contributed by atoms with E-state index >= 15 is 0 Å². The Morgan fingerprint density at radius 1 is 1.20 bits per heavy atom. The molecule has 3 rings (SSSR count). The average molecular weight is 404 g/mol. The second kappa shape index (κ2) is 8.02. The van der Waals surface area contributed by atoms with Crippen molar-refractivity contribution in [2.24, 2.45) is 0 Å². The fraction of sp³-hybridized carbons (Fsp3) is 0.350. The maximum atomic E-state index is 12.8. The SMILES string of the molecule is COc1ccc([C@H](C)[NH2+][C@@H](C(=O)NC2CC2)c2ccccc2)cc1Br. The first-order chi connectivity index (χ1) is 12.1. The highest BCUT2D eigenvalue weighted by Gasteiger charge is 2.31. The number of carbonyl (C=O) groups excluding carboxylic acids is 1. The second-order valence-electron chi connectivity index (χ2n) is 6.55. The maximum Gasteiger partial charge on any atom is 0.283 e. The van der Waals surface area contributed by atoms with Crippen LogP contribution in [-0.4, -0.2) is 19.1 Å². The molecule has 2 aromatic carbocycles. The summed E-state index contributed by atoms with van der Waals surface area (Å²) in [7, 11) is 1.66. The minimum absolute atomic E-state index is 0.0909. The van der Waals surface area contributed by atoms with Gasteiger partial charge in [0.1, 0.15) is 11.8 Å². The highest BCUT2D eigenvalue weighted by Crippen LogP contribution is 2.27. The van der Waals surface area contributed by atoms with E-state index in [0.717, 1.165) is 34.2 Å². The quantitative estimate of drug-likeness (QED) is 0.745. The topological polar surface area (TPSA) is 54.9 Å². The number of nitrogens with two attached hydrogens (primary N) is 1. The summed E-state index contributed by atoms with van der Waals surface area (Å²) in [5, 5.41) is 5.27. The Balaban J connectivity index is 1.78. The summed E-state index contributed by atoms with van der Waals surface area (Å²) in [6, 6.07) is 16.3. The second-order valence-corrected chi connectivity index (χ2v) is 7.40. The van der Waals surface area contributed by atoms with Gasteiger partial charge in [0.05, 0.1) is 11.6 Å². The summed E-state index contributed by atoms with van der Waals surface area (Å²) in [6.45, 7) is 2.12. The van der Waals surface area contributed by atoms with Crippen LogP contribution >= 0.6 is 15.9 Å². The van der Waals surface area contributed by atoms with Gasteiger partial charge >= 0.3 is 0 Å². The molecule has 0 spiro atoms. The van der Waals surface area contributed by atoms with Crippen LogP contribution in [0.25, 0.3) is 0 Å². The van der Waals surface area contributed by atoms with Crippen LogP contribution < -0.4 is 15.4 Å². The molecule has 4 nitrogen and oxygen atoms in total. The number of methoxy groups -OCH3 is 1. The van der Waals surface area contributed by atoms with E-state index in [4.69, 9.17) is 4.74 Å². The zero-order chi connectivity index (χ0) is 17.8. The largest absolute Gasteiger partial charge is 0.496 e. The molecule has 0 aromatic heterocycles. The molecule has 3 N–H and O–H groups in total. The van der Waals surface area contributed by atoms with E-state index in [-0.39, 0.29) is 18.0 Å². The summed E-state index contributed by atoms with van der Waals surface area (Å²) in [4.78, 5) is 12.8. The zero-order valence-corrected chi connectivity index (χ0v) is 16.1. The van der Waals surface area contributed by atoms with E-state index in [1.54, 1.807) is 7.11 Å². The Morgan fingerprint density at radius 2 is 1.92 bits per heavy atom. The van der Waals surface area contributed by atoms with Crippen molar-refractivity contribution in [3.8, 4) is 5.75 Å². The van der Waals surface area contributed by atoms with E-state index in [0.29, 0.717) is 6.04 Å². The van der Waals surface area contributed by atoms with E-state index in [9.17, 15) is 4.79 Å². The number of hydrogen-bond acceptors (Lipinski definition) is 2. The maximum absolute atomic E-state index is 12.8. The molecule has 0 bridgehead atoms. The Bertz CT molecular complexity index is 732. The summed E-state index contributed by atoms with van der Waals surface area (Å²) in [6.07, 6.45) is 2.18. The molecule has 0 unspecified atom stereocenters. The van der Waals surface area contributed by atoms with Crippen molar-refractivity contribution in [3.63, 3.8) is 0 Å². The lowest BCUT2D eigenvalue weighted by molar-refractivity contribution is -0.719. The molecular weight excluding hydrogens is 380 g/mol. The highest BCUT2D eigenvalue weighted by molar-refractivity contribution is 9.10. The van der Waals surface area contributed by atoms with Crippen molar-refractivity contribution < 1.29 is 14.8 Å². The lowest BCUT2D eigenvalue weighted by atomic mass is 10.0. The molecule has 1 aliphatic carbocycles. The van der Waals surface area contributed by atoms with Gasteiger partial charge in [-0.2, -0.15) is 0 Å². The zero-order valence-electron chi connectivity index (χ0n) is 14.5. The van der Waals surface area contributed by atoms with Crippen LogP contribution in [0.1, 0.15) is 43.0 Å². The number of hydrogen-bond donors (Lipinski definition) is 2. The van der Waals surface area contributed by atoms with E-state index in [1.807, 2.05) is 42.5 Å². The number of benzene rings is 2. The van der Waals surface area contributed by atoms with Gasteiger partial charge in [0.25, 0.3) is 5.91 Å². The number of quaternary nitrogens is 1. The molecule has 1 amide bonds. The molecule has 132 valence electrons. The standard InChI is InChI=1S/C20H23BrN2O2/c1-13(15-8-11-18(25-2)17(21)12-15)22-19(14-6-4-3-5-7-14)20(24)23-16-9-10-16/h3-8,11-13,16,19,22H,9-10H2,1-2H3,(H,23,24)/p+1/t13-,19+/m0/s1. The van der Waals surface area contributed by atoms with Crippen LogP contribution in [0.2, 0.25) is 0 Å². The van der Waals surface area contributed by atoms with Crippen LogP contribution in [0.3, 0.4) is 0 Å². The first-order valence-corrected chi connectivity index (χ1v) is 9.41.